The van der Waals surface area contributed by atoms with Crippen LogP contribution in [0, 0.1) is 0 Å². The van der Waals surface area contributed by atoms with Crippen molar-refractivity contribution in [3.8, 4) is 0 Å². The molecular weight excluding hydrogens is 216 g/mol. The molecule has 0 aromatic heterocycles. The van der Waals surface area contributed by atoms with Crippen LogP contribution in [0.4, 0.5) is 0 Å². The van der Waals surface area contributed by atoms with Gasteiger partial charge in [-0.05, 0) is 32.1 Å². The lowest BCUT2D eigenvalue weighted by Crippen LogP contribution is -2.35. The molecule has 1 spiro atoms. The normalized spacial score (nSPS) is 22.9. The van der Waals surface area contributed by atoms with Crippen molar-refractivity contribution in [3.05, 3.63) is 24.0 Å². The van der Waals surface area contributed by atoms with Crippen LogP contribution in [0.15, 0.2) is 24.0 Å². The fraction of sp³-hybridized carbons (Fsp3) is 0.643. The molecule has 0 aromatic carbocycles. The summed E-state index contributed by atoms with van der Waals surface area (Å²) in [5.41, 5.74) is -0.435. The van der Waals surface area contributed by atoms with Crippen molar-refractivity contribution in [2.45, 2.75) is 51.0 Å². The molecule has 0 atom stereocenters. The van der Waals surface area contributed by atoms with E-state index in [1.807, 2.05) is 6.08 Å². The Labute approximate surface area is 102 Å². The van der Waals surface area contributed by atoms with Gasteiger partial charge in [-0.1, -0.05) is 25.5 Å². The van der Waals surface area contributed by atoms with E-state index < -0.39 is 5.60 Å². The fourth-order valence-electron chi connectivity index (χ4n) is 2.53. The molecule has 0 saturated heterocycles. The highest BCUT2D eigenvalue weighted by Crippen LogP contribution is 2.41. The van der Waals surface area contributed by atoms with Crippen molar-refractivity contribution in [1.82, 2.24) is 0 Å². The van der Waals surface area contributed by atoms with Gasteiger partial charge in [0.25, 0.3) is 0 Å². The second kappa shape index (κ2) is 5.39. The van der Waals surface area contributed by atoms with Crippen LogP contribution in [0.5, 0.6) is 0 Å². The standard InChI is InChI=1S/C14H20O3/c1-2-3-7-10-16-12-11-13(15)17-14(12)8-5-4-6-9-14/h3,7,11H,2,4-6,8-10H2,1H3/b7-3+. The van der Waals surface area contributed by atoms with Crippen molar-refractivity contribution in [2.75, 3.05) is 6.61 Å². The van der Waals surface area contributed by atoms with Crippen LogP contribution in [0.3, 0.4) is 0 Å². The van der Waals surface area contributed by atoms with E-state index in [0.29, 0.717) is 6.61 Å². The molecule has 0 amide bonds. The lowest BCUT2D eigenvalue weighted by atomic mass is 9.84. The lowest BCUT2D eigenvalue weighted by Gasteiger charge is -2.33. The van der Waals surface area contributed by atoms with E-state index in [9.17, 15) is 4.79 Å². The third-order valence-corrected chi connectivity index (χ3v) is 3.39. The number of hydrogen-bond acceptors (Lipinski definition) is 3. The Morgan fingerprint density at radius 1 is 1.35 bits per heavy atom. The van der Waals surface area contributed by atoms with Gasteiger partial charge in [-0.25, -0.2) is 4.79 Å². The molecule has 3 heteroatoms. The molecule has 1 saturated carbocycles. The molecule has 1 aliphatic carbocycles. The van der Waals surface area contributed by atoms with Gasteiger partial charge < -0.3 is 9.47 Å². The van der Waals surface area contributed by atoms with E-state index in [1.165, 1.54) is 12.5 Å². The summed E-state index contributed by atoms with van der Waals surface area (Å²) >= 11 is 0. The van der Waals surface area contributed by atoms with Gasteiger partial charge in [0.2, 0.25) is 0 Å². The van der Waals surface area contributed by atoms with Gasteiger partial charge in [-0.3, -0.25) is 0 Å². The van der Waals surface area contributed by atoms with Crippen LogP contribution in [0.25, 0.3) is 0 Å². The van der Waals surface area contributed by atoms with Gasteiger partial charge in [0.15, 0.2) is 5.60 Å². The Morgan fingerprint density at radius 3 is 2.82 bits per heavy atom. The maximum absolute atomic E-state index is 11.4. The zero-order valence-corrected chi connectivity index (χ0v) is 10.4. The first-order valence-electron chi connectivity index (χ1n) is 6.50. The Balaban J connectivity index is 1.99. The Kier molecular flexibility index (Phi) is 3.87. The SMILES string of the molecule is CC/C=C/COC1=CC(=O)OC12CCCCC2. The molecule has 0 aromatic rings. The Bertz CT molecular complexity index is 335. The summed E-state index contributed by atoms with van der Waals surface area (Å²) in [5.74, 6) is 0.490. The molecule has 3 nitrogen and oxygen atoms in total. The van der Waals surface area contributed by atoms with Crippen molar-refractivity contribution >= 4 is 5.97 Å². The second-order valence-electron chi connectivity index (χ2n) is 4.68. The number of carbonyl (C=O) groups is 1. The molecule has 2 rings (SSSR count). The number of ether oxygens (including phenoxy) is 2. The van der Waals surface area contributed by atoms with Gasteiger partial charge >= 0.3 is 5.97 Å². The number of hydrogen-bond donors (Lipinski definition) is 0. The second-order valence-corrected chi connectivity index (χ2v) is 4.68. The van der Waals surface area contributed by atoms with Gasteiger partial charge in [0.05, 0.1) is 6.08 Å². The van der Waals surface area contributed by atoms with E-state index in [1.54, 1.807) is 0 Å². The largest absolute Gasteiger partial charge is 0.489 e. The first-order valence-corrected chi connectivity index (χ1v) is 6.50. The quantitative estimate of drug-likeness (QED) is 0.555. The summed E-state index contributed by atoms with van der Waals surface area (Å²) in [5, 5.41) is 0. The molecule has 0 N–H and O–H groups in total. The van der Waals surface area contributed by atoms with E-state index in [-0.39, 0.29) is 5.97 Å². The van der Waals surface area contributed by atoms with Crippen molar-refractivity contribution in [3.63, 3.8) is 0 Å². The summed E-state index contributed by atoms with van der Waals surface area (Å²) < 4.78 is 11.2. The maximum Gasteiger partial charge on any atom is 0.335 e. The Hall–Kier alpha value is -1.25. The highest BCUT2D eigenvalue weighted by molar-refractivity contribution is 5.86. The van der Waals surface area contributed by atoms with Gasteiger partial charge in [0, 0.05) is 0 Å². The summed E-state index contributed by atoms with van der Waals surface area (Å²) in [6.45, 7) is 2.61. The van der Waals surface area contributed by atoms with E-state index in [2.05, 4.69) is 13.0 Å². The first-order chi connectivity index (χ1) is 8.27. The molecular formula is C14H20O3. The number of allylic oxidation sites excluding steroid dienone is 1. The molecule has 0 radical (unpaired) electrons. The van der Waals surface area contributed by atoms with Crippen molar-refractivity contribution in [2.24, 2.45) is 0 Å². The first kappa shape index (κ1) is 12.2. The van der Waals surface area contributed by atoms with Gasteiger partial charge in [0.1, 0.15) is 12.4 Å². The molecule has 1 fully saturated rings. The summed E-state index contributed by atoms with van der Waals surface area (Å²) in [4.78, 5) is 11.4. The molecule has 94 valence electrons. The molecule has 0 bridgehead atoms. The lowest BCUT2D eigenvalue weighted by molar-refractivity contribution is -0.150. The van der Waals surface area contributed by atoms with Crippen molar-refractivity contribution in [1.29, 1.82) is 0 Å². The zero-order chi connectivity index (χ0) is 12.1. The molecule has 17 heavy (non-hydrogen) atoms. The number of esters is 1. The topological polar surface area (TPSA) is 35.5 Å². The third-order valence-electron chi connectivity index (χ3n) is 3.39. The highest BCUT2D eigenvalue weighted by atomic mass is 16.6. The Morgan fingerprint density at radius 2 is 2.12 bits per heavy atom. The number of carbonyl (C=O) groups excluding carboxylic acids is 1. The zero-order valence-electron chi connectivity index (χ0n) is 10.4. The van der Waals surface area contributed by atoms with Crippen LogP contribution in [-0.4, -0.2) is 18.2 Å². The van der Waals surface area contributed by atoms with Crippen LogP contribution in [0.2, 0.25) is 0 Å². The monoisotopic (exact) mass is 236 g/mol. The summed E-state index contributed by atoms with van der Waals surface area (Å²) in [6.07, 6.45) is 11.8. The summed E-state index contributed by atoms with van der Waals surface area (Å²) in [7, 11) is 0. The third kappa shape index (κ3) is 2.71. The van der Waals surface area contributed by atoms with Crippen LogP contribution >= 0.6 is 0 Å². The minimum absolute atomic E-state index is 0.249. The average Bonchev–Trinajstić information content (AvgIpc) is 2.62. The van der Waals surface area contributed by atoms with E-state index in [4.69, 9.17) is 9.47 Å². The molecule has 1 aliphatic heterocycles. The van der Waals surface area contributed by atoms with Gasteiger partial charge in [-0.2, -0.15) is 0 Å². The minimum Gasteiger partial charge on any atom is -0.489 e. The van der Waals surface area contributed by atoms with Crippen LogP contribution in [-0.2, 0) is 14.3 Å². The predicted molar refractivity (Wildman–Crippen MR) is 65.4 cm³/mol. The van der Waals surface area contributed by atoms with Crippen LogP contribution < -0.4 is 0 Å². The van der Waals surface area contributed by atoms with E-state index >= 15 is 0 Å². The highest BCUT2D eigenvalue weighted by Gasteiger charge is 2.45. The maximum atomic E-state index is 11.4. The van der Waals surface area contributed by atoms with Crippen LogP contribution in [0.1, 0.15) is 45.4 Å². The predicted octanol–water partition coefficient (Wildman–Crippen LogP) is 3.11. The molecule has 2 aliphatic rings. The van der Waals surface area contributed by atoms with Gasteiger partial charge in [-0.15, -0.1) is 0 Å². The molecule has 0 unspecified atom stereocenters. The average molecular weight is 236 g/mol. The minimum atomic E-state index is -0.435. The fourth-order valence-corrected chi connectivity index (χ4v) is 2.53. The van der Waals surface area contributed by atoms with E-state index in [0.717, 1.165) is 37.9 Å². The summed E-state index contributed by atoms with van der Waals surface area (Å²) in [6, 6.07) is 0. The smallest absolute Gasteiger partial charge is 0.335 e. The number of rotatable bonds is 4. The molecule has 1 heterocycles. The van der Waals surface area contributed by atoms with Crippen molar-refractivity contribution < 1.29 is 14.3 Å².